The van der Waals surface area contributed by atoms with Gasteiger partial charge in [0.2, 0.25) is 0 Å². The molecule has 1 aromatic carbocycles. The van der Waals surface area contributed by atoms with E-state index in [0.717, 1.165) is 12.8 Å². The van der Waals surface area contributed by atoms with Gasteiger partial charge in [-0.1, -0.05) is 24.3 Å². The van der Waals surface area contributed by atoms with Crippen molar-refractivity contribution in [1.29, 1.82) is 5.41 Å². The fourth-order valence-corrected chi connectivity index (χ4v) is 2.03. The van der Waals surface area contributed by atoms with Crippen molar-refractivity contribution < 1.29 is 0 Å². The molecular weight excluding hydrogens is 180 g/mol. The molecule has 0 saturated heterocycles. The Kier molecular flexibility index (Phi) is 2.27. The van der Waals surface area contributed by atoms with Crippen LogP contribution in [0, 0.1) is 5.41 Å². The molecule has 2 N–H and O–H groups in total. The van der Waals surface area contributed by atoms with Gasteiger partial charge in [-0.15, -0.1) is 12.6 Å². The van der Waals surface area contributed by atoms with Gasteiger partial charge in [0.25, 0.3) is 0 Å². The maximum absolute atomic E-state index is 7.25. The summed E-state index contributed by atoms with van der Waals surface area (Å²) in [5.74, 6) is 0. The second kappa shape index (κ2) is 3.42. The lowest BCUT2D eigenvalue weighted by Gasteiger charge is -2.12. The van der Waals surface area contributed by atoms with E-state index in [4.69, 9.17) is 5.41 Å². The van der Waals surface area contributed by atoms with Crippen LogP contribution in [0.15, 0.2) is 24.3 Å². The second-order valence-electron chi connectivity index (χ2n) is 3.28. The van der Waals surface area contributed by atoms with E-state index in [1.165, 1.54) is 11.1 Å². The van der Waals surface area contributed by atoms with Crippen LogP contribution in [-0.2, 0) is 6.42 Å². The summed E-state index contributed by atoms with van der Waals surface area (Å²) >= 11 is 3.94. The lowest BCUT2D eigenvalue weighted by molar-refractivity contribution is 0.643. The molecule has 0 aliphatic heterocycles. The molecule has 1 unspecified atom stereocenters. The number of amidine groups is 1. The molecule has 0 saturated carbocycles. The molecule has 0 fully saturated rings. The van der Waals surface area contributed by atoms with Gasteiger partial charge in [-0.2, -0.15) is 0 Å². The zero-order chi connectivity index (χ0) is 9.26. The smallest absolute Gasteiger partial charge is 0.151 e. The van der Waals surface area contributed by atoms with Gasteiger partial charge in [-0.25, -0.2) is 0 Å². The van der Waals surface area contributed by atoms with Crippen LogP contribution in [-0.4, -0.2) is 5.17 Å². The molecule has 2 rings (SSSR count). The molecule has 2 nitrogen and oxygen atoms in total. The zero-order valence-electron chi connectivity index (χ0n) is 7.25. The number of fused-ring (bicyclic) bond motifs is 1. The van der Waals surface area contributed by atoms with E-state index in [-0.39, 0.29) is 5.17 Å². The molecule has 0 radical (unpaired) electrons. The van der Waals surface area contributed by atoms with E-state index in [0.29, 0.717) is 6.04 Å². The van der Waals surface area contributed by atoms with Crippen molar-refractivity contribution in [2.24, 2.45) is 0 Å². The fourth-order valence-electron chi connectivity index (χ4n) is 1.87. The van der Waals surface area contributed by atoms with Crippen molar-refractivity contribution in [1.82, 2.24) is 5.32 Å². The summed E-state index contributed by atoms with van der Waals surface area (Å²) in [5, 5.41) is 10.6. The lowest BCUT2D eigenvalue weighted by Crippen LogP contribution is -2.21. The molecule has 3 heteroatoms. The van der Waals surface area contributed by atoms with E-state index in [1.54, 1.807) is 0 Å². The molecule has 0 heterocycles. The van der Waals surface area contributed by atoms with Gasteiger partial charge in [0.15, 0.2) is 5.17 Å². The third-order valence-corrected chi connectivity index (χ3v) is 2.57. The van der Waals surface area contributed by atoms with Crippen LogP contribution in [0.2, 0.25) is 0 Å². The number of hydrogen-bond acceptors (Lipinski definition) is 1. The summed E-state index contributed by atoms with van der Waals surface area (Å²) in [6.45, 7) is 0. The molecule has 0 aromatic heterocycles. The van der Waals surface area contributed by atoms with Crippen molar-refractivity contribution >= 4 is 17.8 Å². The summed E-state index contributed by atoms with van der Waals surface area (Å²) in [5.41, 5.74) is 2.72. The van der Waals surface area contributed by atoms with Crippen LogP contribution in [0.4, 0.5) is 0 Å². The highest BCUT2D eigenvalue weighted by molar-refractivity contribution is 7.96. The monoisotopic (exact) mass is 192 g/mol. The van der Waals surface area contributed by atoms with Crippen LogP contribution in [0.3, 0.4) is 0 Å². The SMILES string of the molecule is N=C(S)NC1CCc2ccccc21. The zero-order valence-corrected chi connectivity index (χ0v) is 8.14. The minimum Gasteiger partial charge on any atom is -0.358 e. The quantitative estimate of drug-likeness (QED) is 0.356. The van der Waals surface area contributed by atoms with E-state index in [2.05, 4.69) is 36.1 Å². The van der Waals surface area contributed by atoms with Gasteiger partial charge < -0.3 is 5.32 Å². The molecule has 1 aromatic rings. The average Bonchev–Trinajstić information content (AvgIpc) is 2.48. The first-order valence-corrected chi connectivity index (χ1v) is 4.84. The summed E-state index contributed by atoms with van der Waals surface area (Å²) in [6, 6.07) is 8.67. The Bertz CT molecular complexity index is 335. The van der Waals surface area contributed by atoms with Crippen molar-refractivity contribution in [2.45, 2.75) is 18.9 Å². The predicted molar refractivity (Wildman–Crippen MR) is 57.4 cm³/mol. The van der Waals surface area contributed by atoms with Gasteiger partial charge in [0, 0.05) is 0 Å². The number of aryl methyl sites for hydroxylation is 1. The number of nitrogens with one attached hydrogen (secondary N) is 2. The third kappa shape index (κ3) is 1.70. The number of benzene rings is 1. The number of hydrogen-bond donors (Lipinski definition) is 3. The number of rotatable bonds is 1. The Morgan fingerprint density at radius 3 is 3.00 bits per heavy atom. The van der Waals surface area contributed by atoms with E-state index in [9.17, 15) is 0 Å². The molecule has 0 amide bonds. The highest BCUT2D eigenvalue weighted by Crippen LogP contribution is 2.30. The molecular formula is C10H12N2S. The first kappa shape index (κ1) is 8.63. The first-order valence-electron chi connectivity index (χ1n) is 4.39. The fraction of sp³-hybridized carbons (Fsp3) is 0.300. The summed E-state index contributed by atoms with van der Waals surface area (Å²) < 4.78 is 0. The van der Waals surface area contributed by atoms with Gasteiger partial charge in [-0.3, -0.25) is 5.41 Å². The minimum absolute atomic E-state index is 0.252. The Morgan fingerprint density at radius 1 is 1.46 bits per heavy atom. The van der Waals surface area contributed by atoms with E-state index < -0.39 is 0 Å². The summed E-state index contributed by atoms with van der Waals surface area (Å²) in [4.78, 5) is 0. The first-order chi connectivity index (χ1) is 6.27. The van der Waals surface area contributed by atoms with Gasteiger partial charge in [0.1, 0.15) is 0 Å². The Balaban J connectivity index is 2.23. The van der Waals surface area contributed by atoms with E-state index >= 15 is 0 Å². The van der Waals surface area contributed by atoms with Crippen LogP contribution < -0.4 is 5.32 Å². The molecule has 68 valence electrons. The van der Waals surface area contributed by atoms with E-state index in [1.807, 2.05) is 6.07 Å². The largest absolute Gasteiger partial charge is 0.358 e. The maximum atomic E-state index is 7.25. The average molecular weight is 192 g/mol. The predicted octanol–water partition coefficient (Wildman–Crippen LogP) is 2.13. The molecule has 1 aliphatic rings. The van der Waals surface area contributed by atoms with Gasteiger partial charge in [-0.05, 0) is 24.0 Å². The van der Waals surface area contributed by atoms with Crippen molar-refractivity contribution in [3.63, 3.8) is 0 Å². The van der Waals surface area contributed by atoms with Crippen molar-refractivity contribution in [2.75, 3.05) is 0 Å². The van der Waals surface area contributed by atoms with Gasteiger partial charge in [0.05, 0.1) is 6.04 Å². The number of thiol groups is 1. The molecule has 1 aliphatic carbocycles. The Hall–Kier alpha value is -0.960. The maximum Gasteiger partial charge on any atom is 0.151 e. The highest BCUT2D eigenvalue weighted by Gasteiger charge is 2.21. The minimum atomic E-state index is 0.252. The topological polar surface area (TPSA) is 35.9 Å². The molecule has 0 bridgehead atoms. The molecule has 1 atom stereocenters. The standard InChI is InChI=1S/C10H12N2S/c11-10(13)12-9-6-5-7-3-1-2-4-8(7)9/h1-4,9H,5-6H2,(H3,11,12,13). The van der Waals surface area contributed by atoms with Gasteiger partial charge >= 0.3 is 0 Å². The van der Waals surface area contributed by atoms with Crippen LogP contribution in [0.1, 0.15) is 23.6 Å². The van der Waals surface area contributed by atoms with Crippen molar-refractivity contribution in [3.05, 3.63) is 35.4 Å². The second-order valence-corrected chi connectivity index (χ2v) is 3.73. The van der Waals surface area contributed by atoms with Crippen LogP contribution in [0.25, 0.3) is 0 Å². The highest BCUT2D eigenvalue weighted by atomic mass is 32.1. The normalized spacial score (nSPS) is 19.6. The molecule has 0 spiro atoms. The van der Waals surface area contributed by atoms with Crippen LogP contribution in [0.5, 0.6) is 0 Å². The van der Waals surface area contributed by atoms with Crippen LogP contribution >= 0.6 is 12.6 Å². The molecule has 13 heavy (non-hydrogen) atoms. The third-order valence-electron chi connectivity index (χ3n) is 2.44. The Morgan fingerprint density at radius 2 is 2.23 bits per heavy atom. The van der Waals surface area contributed by atoms with Crippen molar-refractivity contribution in [3.8, 4) is 0 Å². The summed E-state index contributed by atoms with van der Waals surface area (Å²) in [6.07, 6.45) is 2.18. The summed E-state index contributed by atoms with van der Waals surface area (Å²) in [7, 11) is 0. The lowest BCUT2D eigenvalue weighted by atomic mass is 10.1. The Labute approximate surface area is 83.3 Å².